The molecule has 0 atom stereocenters. The normalized spacial score (nSPS) is 11.2. The van der Waals surface area contributed by atoms with Crippen LogP contribution in [0.2, 0.25) is 0 Å². The van der Waals surface area contributed by atoms with Crippen LogP contribution in [-0.4, -0.2) is 24.5 Å². The van der Waals surface area contributed by atoms with Gasteiger partial charge in [-0.1, -0.05) is 68.9 Å². The molecule has 1 amide bonds. The average molecular weight is 398 g/mol. The van der Waals surface area contributed by atoms with E-state index in [1.807, 2.05) is 40.0 Å². The van der Waals surface area contributed by atoms with Gasteiger partial charge >= 0.3 is 0 Å². The Kier molecular flexibility index (Phi) is 13.9. The van der Waals surface area contributed by atoms with E-state index < -0.39 is 0 Å². The molecule has 0 aromatic carbocycles. The fourth-order valence-corrected chi connectivity index (χ4v) is 2.51. The Hall–Kier alpha value is -2.62. The SMILES string of the molecule is C=C/C=C(C)\C=C(\C)C(=C)C.CCCc1ccc(CCNC(=O)CC)nc1NC. The largest absolute Gasteiger partial charge is 0.373 e. The predicted molar refractivity (Wildman–Crippen MR) is 127 cm³/mol. The molecule has 1 aromatic heterocycles. The number of aromatic nitrogens is 1. The number of allylic oxidation sites excluding steroid dienone is 6. The molecular formula is C25H39N3O. The van der Waals surface area contributed by atoms with Crippen molar-refractivity contribution in [1.29, 1.82) is 0 Å². The monoisotopic (exact) mass is 397 g/mol. The van der Waals surface area contributed by atoms with Crippen LogP contribution in [-0.2, 0) is 17.6 Å². The van der Waals surface area contributed by atoms with Crippen LogP contribution in [0.15, 0.2) is 60.2 Å². The van der Waals surface area contributed by atoms with E-state index in [1.165, 1.54) is 16.7 Å². The number of rotatable bonds is 10. The van der Waals surface area contributed by atoms with E-state index in [0.717, 1.165) is 36.3 Å². The standard InChI is InChI=1S/C14H23N3O.C11H16/c1-4-6-11-7-8-12(17-14(11)15-3)9-10-16-13(18)5-2;1-6-7-10(4)8-11(5)9(2)3/h7-8H,4-6,9-10H2,1-3H3,(H,15,17)(H,16,18);6-8H,1-2H2,3-5H3/b;10-7-,11-8-. The molecule has 29 heavy (non-hydrogen) atoms. The van der Waals surface area contributed by atoms with E-state index in [0.29, 0.717) is 13.0 Å². The minimum absolute atomic E-state index is 0.0893. The number of nitrogens with one attached hydrogen (secondary N) is 2. The third-order valence-electron chi connectivity index (χ3n) is 4.32. The van der Waals surface area contributed by atoms with E-state index in [1.54, 1.807) is 6.08 Å². The highest BCUT2D eigenvalue weighted by atomic mass is 16.1. The van der Waals surface area contributed by atoms with Crippen LogP contribution in [0.3, 0.4) is 0 Å². The van der Waals surface area contributed by atoms with Crippen molar-refractivity contribution in [2.45, 2.75) is 60.3 Å². The van der Waals surface area contributed by atoms with E-state index in [2.05, 4.69) is 54.8 Å². The average Bonchev–Trinajstić information content (AvgIpc) is 2.69. The number of nitrogens with zero attached hydrogens (tertiary/aromatic N) is 1. The number of hydrogen-bond acceptors (Lipinski definition) is 3. The molecule has 0 radical (unpaired) electrons. The summed E-state index contributed by atoms with van der Waals surface area (Å²) in [5, 5.41) is 5.99. The number of aryl methyl sites for hydroxylation is 1. The van der Waals surface area contributed by atoms with Gasteiger partial charge in [-0.15, -0.1) is 0 Å². The maximum absolute atomic E-state index is 11.1. The smallest absolute Gasteiger partial charge is 0.219 e. The first-order valence-electron chi connectivity index (χ1n) is 10.4. The van der Waals surface area contributed by atoms with Gasteiger partial charge in [-0.25, -0.2) is 4.98 Å². The van der Waals surface area contributed by atoms with Crippen LogP contribution < -0.4 is 10.6 Å². The lowest BCUT2D eigenvalue weighted by Gasteiger charge is -2.10. The van der Waals surface area contributed by atoms with E-state index in [4.69, 9.17) is 0 Å². The summed E-state index contributed by atoms with van der Waals surface area (Å²) in [5.41, 5.74) is 5.81. The summed E-state index contributed by atoms with van der Waals surface area (Å²) in [7, 11) is 1.89. The summed E-state index contributed by atoms with van der Waals surface area (Å²) < 4.78 is 0. The van der Waals surface area contributed by atoms with Gasteiger partial charge in [0.25, 0.3) is 0 Å². The number of amides is 1. The molecule has 160 valence electrons. The summed E-state index contributed by atoms with van der Waals surface area (Å²) in [6, 6.07) is 4.17. The van der Waals surface area contributed by atoms with Crippen molar-refractivity contribution < 1.29 is 4.79 Å². The van der Waals surface area contributed by atoms with Gasteiger partial charge in [-0.3, -0.25) is 4.79 Å². The highest BCUT2D eigenvalue weighted by Gasteiger charge is 2.04. The molecule has 0 unspecified atom stereocenters. The summed E-state index contributed by atoms with van der Waals surface area (Å²) >= 11 is 0. The number of carbonyl (C=O) groups is 1. The number of hydrogen-bond donors (Lipinski definition) is 2. The van der Waals surface area contributed by atoms with Crippen molar-refractivity contribution in [2.75, 3.05) is 18.9 Å². The van der Waals surface area contributed by atoms with Gasteiger partial charge in [0.05, 0.1) is 0 Å². The topological polar surface area (TPSA) is 54.0 Å². The molecule has 1 aromatic rings. The molecule has 0 aliphatic heterocycles. The van der Waals surface area contributed by atoms with Gasteiger partial charge < -0.3 is 10.6 Å². The van der Waals surface area contributed by atoms with Gasteiger partial charge in [-0.2, -0.15) is 0 Å². The molecule has 0 spiro atoms. The maximum atomic E-state index is 11.1. The van der Waals surface area contributed by atoms with Crippen LogP contribution in [0, 0.1) is 0 Å². The third-order valence-corrected chi connectivity index (χ3v) is 4.32. The second-order valence-corrected chi connectivity index (χ2v) is 7.02. The first-order chi connectivity index (χ1) is 13.8. The second kappa shape index (κ2) is 15.3. The second-order valence-electron chi connectivity index (χ2n) is 7.02. The Labute approximate surface area is 177 Å². The molecule has 0 bridgehead atoms. The Morgan fingerprint density at radius 2 is 1.86 bits per heavy atom. The molecule has 0 fully saturated rings. The van der Waals surface area contributed by atoms with Crippen LogP contribution in [0.4, 0.5) is 5.82 Å². The van der Waals surface area contributed by atoms with E-state index in [-0.39, 0.29) is 5.91 Å². The van der Waals surface area contributed by atoms with Crippen molar-refractivity contribution in [3.8, 4) is 0 Å². The minimum atomic E-state index is 0.0893. The fourth-order valence-electron chi connectivity index (χ4n) is 2.51. The van der Waals surface area contributed by atoms with Gasteiger partial charge in [-0.05, 0) is 44.4 Å². The molecule has 0 aliphatic carbocycles. The zero-order valence-corrected chi connectivity index (χ0v) is 19.2. The van der Waals surface area contributed by atoms with Crippen molar-refractivity contribution in [1.82, 2.24) is 10.3 Å². The summed E-state index contributed by atoms with van der Waals surface area (Å²) in [5.74, 6) is 1.04. The molecule has 2 N–H and O–H groups in total. The number of pyridine rings is 1. The lowest BCUT2D eigenvalue weighted by Crippen LogP contribution is -2.24. The van der Waals surface area contributed by atoms with E-state index in [9.17, 15) is 4.79 Å². The van der Waals surface area contributed by atoms with Gasteiger partial charge in [0, 0.05) is 32.1 Å². The summed E-state index contributed by atoms with van der Waals surface area (Å²) in [4.78, 5) is 15.7. The molecule has 0 aliphatic rings. The van der Waals surface area contributed by atoms with E-state index >= 15 is 0 Å². The molecule has 4 heteroatoms. The van der Waals surface area contributed by atoms with Crippen molar-refractivity contribution >= 4 is 11.7 Å². The summed E-state index contributed by atoms with van der Waals surface area (Å²) in [6.07, 6.45) is 9.32. The van der Waals surface area contributed by atoms with Crippen molar-refractivity contribution in [3.05, 3.63) is 71.5 Å². The quantitative estimate of drug-likeness (QED) is 0.492. The molecule has 0 saturated carbocycles. The Balaban J connectivity index is 0.000000614. The Morgan fingerprint density at radius 1 is 1.17 bits per heavy atom. The van der Waals surface area contributed by atoms with Crippen molar-refractivity contribution in [3.63, 3.8) is 0 Å². The minimum Gasteiger partial charge on any atom is -0.373 e. The Bertz CT molecular complexity index is 730. The van der Waals surface area contributed by atoms with Gasteiger partial charge in [0.15, 0.2) is 0 Å². The zero-order chi connectivity index (χ0) is 22.2. The van der Waals surface area contributed by atoms with Crippen LogP contribution in [0.5, 0.6) is 0 Å². The summed E-state index contributed by atoms with van der Waals surface area (Å²) in [6.45, 7) is 18.2. The van der Waals surface area contributed by atoms with Gasteiger partial charge in [0.2, 0.25) is 5.91 Å². The Morgan fingerprint density at radius 3 is 2.38 bits per heavy atom. The molecule has 0 saturated heterocycles. The molecule has 1 heterocycles. The molecule has 1 rings (SSSR count). The highest BCUT2D eigenvalue weighted by Crippen LogP contribution is 2.15. The van der Waals surface area contributed by atoms with Crippen LogP contribution >= 0.6 is 0 Å². The van der Waals surface area contributed by atoms with Crippen molar-refractivity contribution in [2.24, 2.45) is 0 Å². The van der Waals surface area contributed by atoms with Crippen LogP contribution in [0.1, 0.15) is 58.7 Å². The third kappa shape index (κ3) is 11.7. The lowest BCUT2D eigenvalue weighted by atomic mass is 10.1. The first kappa shape index (κ1) is 26.4. The van der Waals surface area contributed by atoms with Crippen LogP contribution in [0.25, 0.3) is 0 Å². The first-order valence-corrected chi connectivity index (χ1v) is 10.4. The lowest BCUT2D eigenvalue weighted by molar-refractivity contribution is -0.120. The number of anilines is 1. The molecular weight excluding hydrogens is 358 g/mol. The zero-order valence-electron chi connectivity index (χ0n) is 19.2. The molecule has 4 nitrogen and oxygen atoms in total. The predicted octanol–water partition coefficient (Wildman–Crippen LogP) is 5.79. The maximum Gasteiger partial charge on any atom is 0.219 e. The fraction of sp³-hybridized carbons (Fsp3) is 0.440. The highest BCUT2D eigenvalue weighted by molar-refractivity contribution is 5.75. The number of carbonyl (C=O) groups excluding carboxylic acids is 1. The van der Waals surface area contributed by atoms with Gasteiger partial charge in [0.1, 0.15) is 5.82 Å².